The molecule has 1 N–H and O–H groups in total. The van der Waals surface area contributed by atoms with Gasteiger partial charge in [0.2, 0.25) is 5.69 Å². The van der Waals surface area contributed by atoms with Gasteiger partial charge in [0.05, 0.1) is 24.9 Å². The third-order valence-electron chi connectivity index (χ3n) is 9.96. The van der Waals surface area contributed by atoms with Crippen LogP contribution in [0.5, 0.6) is 0 Å². The van der Waals surface area contributed by atoms with Crippen molar-refractivity contribution in [3.63, 3.8) is 0 Å². The molecule has 8 atom stereocenters. The molecule has 1 heterocycles. The second-order valence-corrected chi connectivity index (χ2v) is 11.4. The number of nitrogens with zero attached hydrogens (tertiary/aromatic N) is 3. The largest absolute Gasteiger partial charge is 0.387 e. The molecule has 5 rings (SSSR count). The van der Waals surface area contributed by atoms with Crippen LogP contribution < -0.4 is 0 Å². The number of aliphatic hydroxyl groups is 1. The summed E-state index contributed by atoms with van der Waals surface area (Å²) < 4.78 is 15.3. The van der Waals surface area contributed by atoms with E-state index in [0.29, 0.717) is 48.2 Å². The van der Waals surface area contributed by atoms with Crippen LogP contribution in [0, 0.1) is 47.5 Å². The average Bonchev–Trinajstić information content (AvgIpc) is 3.36. The van der Waals surface area contributed by atoms with E-state index < -0.39 is 12.3 Å². The van der Waals surface area contributed by atoms with E-state index in [9.17, 15) is 9.50 Å². The van der Waals surface area contributed by atoms with Crippen molar-refractivity contribution >= 4 is 5.69 Å². The fraction of sp³-hybridized carbons (Fsp3) is 0.769. The highest BCUT2D eigenvalue weighted by atomic mass is 19.1. The predicted molar refractivity (Wildman–Crippen MR) is 119 cm³/mol. The van der Waals surface area contributed by atoms with E-state index in [1.807, 2.05) is 10.9 Å². The number of hydrogen-bond donors (Lipinski definition) is 1. The molecule has 0 radical (unpaired) electrons. The Balaban J connectivity index is 1.29. The van der Waals surface area contributed by atoms with Crippen molar-refractivity contribution in [3.8, 4) is 0 Å². The molecule has 0 unspecified atom stereocenters. The lowest BCUT2D eigenvalue weighted by Gasteiger charge is -2.57. The predicted octanol–water partition coefficient (Wildman–Crippen LogP) is 5.96. The fourth-order valence-corrected chi connectivity index (χ4v) is 8.57. The number of rotatable bonds is 4. The highest BCUT2D eigenvalue weighted by Gasteiger charge is 2.58. The lowest BCUT2D eigenvalue weighted by atomic mass is 9.48. The SMILES string of the molecule is [C-]#[N+]c1cnn(CC(=C)[C@H]2CC[C@H]3[C@@H]4CC[C@@H]5C[C@@](O)(CF)CC[C@@H]5[C@H]4CC[C@]23C)c1. The first kappa shape index (κ1) is 21.2. The summed E-state index contributed by atoms with van der Waals surface area (Å²) in [5.74, 6) is 4.04. The van der Waals surface area contributed by atoms with Crippen LogP contribution in [0.2, 0.25) is 0 Å². The normalized spacial score (nSPS) is 44.1. The highest BCUT2D eigenvalue weighted by molar-refractivity contribution is 5.39. The average molecular weight is 426 g/mol. The van der Waals surface area contributed by atoms with Crippen LogP contribution in [-0.4, -0.2) is 27.2 Å². The number of halogens is 1. The van der Waals surface area contributed by atoms with E-state index in [1.165, 1.54) is 44.1 Å². The molecule has 4 aliphatic carbocycles. The van der Waals surface area contributed by atoms with Crippen molar-refractivity contribution in [1.29, 1.82) is 0 Å². The van der Waals surface area contributed by atoms with Gasteiger partial charge in [0.1, 0.15) is 6.67 Å². The third kappa shape index (κ3) is 3.46. The van der Waals surface area contributed by atoms with E-state index in [2.05, 4.69) is 23.4 Å². The topological polar surface area (TPSA) is 42.4 Å². The van der Waals surface area contributed by atoms with Crippen LogP contribution in [0.15, 0.2) is 24.5 Å². The summed E-state index contributed by atoms with van der Waals surface area (Å²) in [5.41, 5.74) is 1.12. The van der Waals surface area contributed by atoms with E-state index in [4.69, 9.17) is 6.57 Å². The lowest BCUT2D eigenvalue weighted by molar-refractivity contribution is -0.110. The summed E-state index contributed by atoms with van der Waals surface area (Å²) in [6.07, 6.45) is 13.3. The Labute approximate surface area is 185 Å². The second-order valence-electron chi connectivity index (χ2n) is 11.4. The molecule has 5 heteroatoms. The van der Waals surface area contributed by atoms with Gasteiger partial charge in [-0.15, -0.1) is 0 Å². The highest BCUT2D eigenvalue weighted by Crippen LogP contribution is 2.65. The molecule has 31 heavy (non-hydrogen) atoms. The molecule has 4 aliphatic rings. The number of aromatic nitrogens is 2. The van der Waals surface area contributed by atoms with Crippen LogP contribution in [0.4, 0.5) is 10.1 Å². The van der Waals surface area contributed by atoms with Crippen molar-refractivity contribution in [1.82, 2.24) is 9.78 Å². The Morgan fingerprint density at radius 3 is 2.77 bits per heavy atom. The zero-order valence-corrected chi connectivity index (χ0v) is 18.8. The van der Waals surface area contributed by atoms with Gasteiger partial charge in [-0.05, 0) is 98.7 Å². The van der Waals surface area contributed by atoms with Gasteiger partial charge in [0, 0.05) is 6.20 Å². The molecular formula is C26H36FN3O. The fourth-order valence-electron chi connectivity index (χ4n) is 8.57. The summed E-state index contributed by atoms with van der Waals surface area (Å²) in [7, 11) is 0. The molecule has 4 fully saturated rings. The first-order valence-electron chi connectivity index (χ1n) is 12.2. The summed E-state index contributed by atoms with van der Waals surface area (Å²) >= 11 is 0. The van der Waals surface area contributed by atoms with Crippen molar-refractivity contribution in [3.05, 3.63) is 36.0 Å². The number of allylic oxidation sites excluding steroid dienone is 1. The molecule has 1 aromatic heterocycles. The standard InChI is InChI=1S/C26H36FN3O/c1-17(14-30-15-19(28-3)13-29-30)23-6-7-24-22-5-4-18-12-26(31,16-27)11-9-20(18)21(22)8-10-25(23,24)2/h13,15,18,20-24,31H,1,4-12,14,16H2,2H3/t18-,20+,21-,22-,23-,24+,25-,26-/m1/s1. The van der Waals surface area contributed by atoms with Crippen LogP contribution in [0.1, 0.15) is 64.7 Å². The van der Waals surface area contributed by atoms with Crippen molar-refractivity contribution in [2.24, 2.45) is 40.9 Å². The van der Waals surface area contributed by atoms with Crippen LogP contribution >= 0.6 is 0 Å². The zero-order valence-electron chi connectivity index (χ0n) is 18.8. The van der Waals surface area contributed by atoms with Gasteiger partial charge in [0.15, 0.2) is 0 Å². The summed E-state index contributed by atoms with van der Waals surface area (Å²) in [5, 5.41) is 14.9. The maximum atomic E-state index is 13.4. The second kappa shape index (κ2) is 7.73. The van der Waals surface area contributed by atoms with E-state index in [0.717, 1.165) is 24.2 Å². The van der Waals surface area contributed by atoms with E-state index >= 15 is 0 Å². The molecule has 0 aliphatic heterocycles. The quantitative estimate of drug-likeness (QED) is 0.478. The molecular weight excluding hydrogens is 389 g/mol. The van der Waals surface area contributed by atoms with Gasteiger partial charge in [0.25, 0.3) is 0 Å². The van der Waals surface area contributed by atoms with Crippen molar-refractivity contribution < 1.29 is 9.50 Å². The minimum absolute atomic E-state index is 0.315. The Hall–Kier alpha value is -1.67. The molecule has 4 saturated carbocycles. The smallest absolute Gasteiger partial charge is 0.224 e. The zero-order chi connectivity index (χ0) is 21.8. The Kier molecular flexibility index (Phi) is 5.28. The minimum Gasteiger partial charge on any atom is -0.387 e. The van der Waals surface area contributed by atoms with Gasteiger partial charge >= 0.3 is 0 Å². The van der Waals surface area contributed by atoms with Crippen LogP contribution in [0.3, 0.4) is 0 Å². The summed E-state index contributed by atoms with van der Waals surface area (Å²) in [6, 6.07) is 0. The lowest BCUT2D eigenvalue weighted by Crippen LogP contribution is -2.51. The third-order valence-corrected chi connectivity index (χ3v) is 9.96. The van der Waals surface area contributed by atoms with Gasteiger partial charge in [-0.2, -0.15) is 5.10 Å². The van der Waals surface area contributed by atoms with Crippen LogP contribution in [0.25, 0.3) is 4.85 Å². The van der Waals surface area contributed by atoms with E-state index in [1.54, 1.807) is 6.20 Å². The molecule has 0 spiro atoms. The Morgan fingerprint density at radius 2 is 2.03 bits per heavy atom. The van der Waals surface area contributed by atoms with Gasteiger partial charge in [-0.25, -0.2) is 9.24 Å². The summed E-state index contributed by atoms with van der Waals surface area (Å²) in [6.45, 7) is 14.3. The molecule has 0 aromatic carbocycles. The van der Waals surface area contributed by atoms with Crippen molar-refractivity contribution in [2.45, 2.75) is 76.9 Å². The number of hydrogen-bond acceptors (Lipinski definition) is 2. The van der Waals surface area contributed by atoms with Gasteiger partial charge in [-0.1, -0.05) is 19.1 Å². The molecule has 0 amide bonds. The maximum Gasteiger partial charge on any atom is 0.224 e. The Bertz CT molecular complexity index is 889. The molecule has 168 valence electrons. The van der Waals surface area contributed by atoms with Crippen LogP contribution in [-0.2, 0) is 6.54 Å². The van der Waals surface area contributed by atoms with E-state index in [-0.39, 0.29) is 0 Å². The van der Waals surface area contributed by atoms with Gasteiger partial charge in [-0.3, -0.25) is 4.68 Å². The Morgan fingerprint density at radius 1 is 1.23 bits per heavy atom. The first-order valence-corrected chi connectivity index (χ1v) is 12.2. The molecule has 0 bridgehead atoms. The molecule has 1 aromatic rings. The molecule has 4 nitrogen and oxygen atoms in total. The van der Waals surface area contributed by atoms with Crippen molar-refractivity contribution in [2.75, 3.05) is 6.67 Å². The maximum absolute atomic E-state index is 13.4. The number of alkyl halides is 1. The minimum atomic E-state index is -1.05. The summed E-state index contributed by atoms with van der Waals surface area (Å²) in [4.78, 5) is 3.47. The number of fused-ring (bicyclic) bond motifs is 5. The van der Waals surface area contributed by atoms with Gasteiger partial charge < -0.3 is 5.11 Å². The monoisotopic (exact) mass is 425 g/mol. The first-order chi connectivity index (χ1) is 14.9. The molecule has 0 saturated heterocycles.